The first-order valence-corrected chi connectivity index (χ1v) is 9.03. The topological polar surface area (TPSA) is 80.8 Å². The minimum Gasteiger partial charge on any atom is -0.454 e. The minimum absolute atomic E-state index is 0.187. The number of fused-ring (bicyclic) bond motifs is 1. The van der Waals surface area contributed by atoms with E-state index >= 15 is 0 Å². The molecule has 2 amide bonds. The van der Waals surface area contributed by atoms with Crippen LogP contribution in [0.5, 0.6) is 0 Å². The standard InChI is InChI=1S/C21H23NO5/c1-21(2,3)17(23)12-27-20(26)13-7-6-8-14(11-13)22-18(24)15-9-4-5-10-16(15)19(22)25/h4-8,11,15-16H,9-10,12H2,1-3H3/t15-,16-/m0/s1. The smallest absolute Gasteiger partial charge is 0.338 e. The fourth-order valence-corrected chi connectivity index (χ4v) is 3.26. The van der Waals surface area contributed by atoms with Gasteiger partial charge in [0.05, 0.1) is 23.1 Å². The van der Waals surface area contributed by atoms with Crippen LogP contribution in [0.4, 0.5) is 5.69 Å². The highest BCUT2D eigenvalue weighted by Crippen LogP contribution is 2.37. The van der Waals surface area contributed by atoms with Crippen molar-refractivity contribution in [3.05, 3.63) is 42.0 Å². The summed E-state index contributed by atoms with van der Waals surface area (Å²) in [6.45, 7) is 4.94. The summed E-state index contributed by atoms with van der Waals surface area (Å²) in [5.74, 6) is -1.98. The predicted molar refractivity (Wildman–Crippen MR) is 99.0 cm³/mol. The van der Waals surface area contributed by atoms with Crippen LogP contribution in [0.2, 0.25) is 0 Å². The molecule has 6 heteroatoms. The molecule has 6 nitrogen and oxygen atoms in total. The Morgan fingerprint density at radius 2 is 1.67 bits per heavy atom. The van der Waals surface area contributed by atoms with Gasteiger partial charge in [-0.3, -0.25) is 19.3 Å². The lowest BCUT2D eigenvalue weighted by Gasteiger charge is -2.17. The summed E-state index contributed by atoms with van der Waals surface area (Å²) >= 11 is 0. The van der Waals surface area contributed by atoms with E-state index in [2.05, 4.69) is 0 Å². The lowest BCUT2D eigenvalue weighted by Crippen LogP contribution is -2.31. The van der Waals surface area contributed by atoms with Gasteiger partial charge in [-0.25, -0.2) is 4.79 Å². The molecule has 1 fully saturated rings. The van der Waals surface area contributed by atoms with Crippen molar-refractivity contribution in [3.63, 3.8) is 0 Å². The number of Topliss-reactive ketones (excluding diaryl/α,β-unsaturated/α-hetero) is 1. The molecule has 0 N–H and O–H groups in total. The Labute approximate surface area is 158 Å². The number of amides is 2. The highest BCUT2D eigenvalue weighted by Gasteiger charge is 2.47. The summed E-state index contributed by atoms with van der Waals surface area (Å²) in [5.41, 5.74) is -0.0419. The van der Waals surface area contributed by atoms with Gasteiger partial charge in [-0.1, -0.05) is 39.0 Å². The molecular weight excluding hydrogens is 346 g/mol. The number of imide groups is 1. The molecule has 27 heavy (non-hydrogen) atoms. The third-order valence-electron chi connectivity index (χ3n) is 5.02. The van der Waals surface area contributed by atoms with Crippen molar-refractivity contribution in [2.75, 3.05) is 11.5 Å². The molecule has 0 radical (unpaired) electrons. The molecule has 1 heterocycles. The maximum Gasteiger partial charge on any atom is 0.338 e. The van der Waals surface area contributed by atoms with E-state index in [1.807, 2.05) is 12.2 Å². The number of hydrogen-bond acceptors (Lipinski definition) is 5. The van der Waals surface area contributed by atoms with Gasteiger partial charge in [0, 0.05) is 5.41 Å². The summed E-state index contributed by atoms with van der Waals surface area (Å²) in [7, 11) is 0. The Kier molecular flexibility index (Phi) is 5.00. The average Bonchev–Trinajstić information content (AvgIpc) is 2.90. The molecule has 1 aliphatic carbocycles. The van der Waals surface area contributed by atoms with Crippen LogP contribution in [0, 0.1) is 17.3 Å². The SMILES string of the molecule is CC(C)(C)C(=O)COC(=O)c1cccc(N2C(=O)[C@H]3CC=CC[C@@H]3C2=O)c1. The van der Waals surface area contributed by atoms with Gasteiger partial charge in [0.15, 0.2) is 12.4 Å². The lowest BCUT2D eigenvalue weighted by atomic mass is 9.85. The van der Waals surface area contributed by atoms with Crippen LogP contribution in [0.3, 0.4) is 0 Å². The third kappa shape index (κ3) is 3.70. The molecule has 2 atom stereocenters. The van der Waals surface area contributed by atoms with Gasteiger partial charge in [-0.2, -0.15) is 0 Å². The van der Waals surface area contributed by atoms with Crippen molar-refractivity contribution in [2.45, 2.75) is 33.6 Å². The van der Waals surface area contributed by atoms with E-state index in [0.717, 1.165) is 0 Å². The highest BCUT2D eigenvalue weighted by molar-refractivity contribution is 6.22. The van der Waals surface area contributed by atoms with E-state index in [9.17, 15) is 19.2 Å². The fraction of sp³-hybridized carbons (Fsp3) is 0.429. The number of ether oxygens (including phenoxy) is 1. The lowest BCUT2D eigenvalue weighted by molar-refractivity contribution is -0.129. The average molecular weight is 369 g/mol. The Bertz CT molecular complexity index is 807. The van der Waals surface area contributed by atoms with Gasteiger partial charge in [0.25, 0.3) is 0 Å². The van der Waals surface area contributed by atoms with Gasteiger partial charge >= 0.3 is 5.97 Å². The van der Waals surface area contributed by atoms with Gasteiger partial charge in [-0.05, 0) is 31.0 Å². The van der Waals surface area contributed by atoms with Gasteiger partial charge in [0.2, 0.25) is 11.8 Å². The van der Waals surface area contributed by atoms with E-state index < -0.39 is 11.4 Å². The molecule has 1 aliphatic heterocycles. The first kappa shape index (κ1) is 19.0. The zero-order valence-corrected chi connectivity index (χ0v) is 15.7. The zero-order valence-electron chi connectivity index (χ0n) is 15.7. The number of benzene rings is 1. The highest BCUT2D eigenvalue weighted by atomic mass is 16.5. The number of hydrogen-bond donors (Lipinski definition) is 0. The molecule has 1 aromatic rings. The van der Waals surface area contributed by atoms with Crippen molar-refractivity contribution in [1.82, 2.24) is 0 Å². The second kappa shape index (κ2) is 7.10. The molecule has 0 saturated carbocycles. The number of esters is 1. The van der Waals surface area contributed by atoms with E-state index in [0.29, 0.717) is 18.5 Å². The van der Waals surface area contributed by atoms with Crippen molar-refractivity contribution >= 4 is 29.3 Å². The molecule has 0 spiro atoms. The Morgan fingerprint density at radius 1 is 1.07 bits per heavy atom. The fourth-order valence-electron chi connectivity index (χ4n) is 3.26. The summed E-state index contributed by atoms with van der Waals surface area (Å²) in [5, 5.41) is 0. The Balaban J connectivity index is 1.76. The van der Waals surface area contributed by atoms with E-state index in [-0.39, 0.29) is 41.6 Å². The van der Waals surface area contributed by atoms with Crippen molar-refractivity contribution < 1.29 is 23.9 Å². The molecule has 0 bridgehead atoms. The monoisotopic (exact) mass is 369 g/mol. The quantitative estimate of drug-likeness (QED) is 0.463. The Morgan fingerprint density at radius 3 is 2.22 bits per heavy atom. The van der Waals surface area contributed by atoms with Crippen LogP contribution in [-0.2, 0) is 19.1 Å². The second-order valence-electron chi connectivity index (χ2n) is 7.97. The molecular formula is C21H23NO5. The van der Waals surface area contributed by atoms with E-state index in [4.69, 9.17) is 4.74 Å². The molecule has 3 rings (SSSR count). The van der Waals surface area contributed by atoms with Gasteiger partial charge < -0.3 is 4.74 Å². The van der Waals surface area contributed by atoms with Gasteiger partial charge in [0.1, 0.15) is 0 Å². The van der Waals surface area contributed by atoms with Crippen LogP contribution < -0.4 is 4.90 Å². The minimum atomic E-state index is -0.660. The number of allylic oxidation sites excluding steroid dienone is 2. The number of rotatable bonds is 4. The van der Waals surface area contributed by atoms with Gasteiger partial charge in [-0.15, -0.1) is 0 Å². The molecule has 1 aromatic carbocycles. The van der Waals surface area contributed by atoms with Crippen molar-refractivity contribution in [1.29, 1.82) is 0 Å². The summed E-state index contributed by atoms with van der Waals surface area (Å²) in [6.07, 6.45) is 4.97. The largest absolute Gasteiger partial charge is 0.454 e. The van der Waals surface area contributed by atoms with Crippen LogP contribution in [0.15, 0.2) is 36.4 Å². The molecule has 0 unspecified atom stereocenters. The van der Waals surface area contributed by atoms with Crippen molar-refractivity contribution in [2.24, 2.45) is 17.3 Å². The van der Waals surface area contributed by atoms with Crippen LogP contribution in [0.1, 0.15) is 44.0 Å². The first-order valence-electron chi connectivity index (χ1n) is 9.03. The van der Waals surface area contributed by atoms with Crippen molar-refractivity contribution in [3.8, 4) is 0 Å². The van der Waals surface area contributed by atoms with Crippen LogP contribution >= 0.6 is 0 Å². The summed E-state index contributed by atoms with van der Waals surface area (Å²) in [4.78, 5) is 50.7. The number of anilines is 1. The maximum atomic E-state index is 12.7. The maximum absolute atomic E-state index is 12.7. The molecule has 0 aromatic heterocycles. The zero-order chi connectivity index (χ0) is 19.8. The van der Waals surface area contributed by atoms with E-state index in [1.165, 1.54) is 17.0 Å². The predicted octanol–water partition coefficient (Wildman–Crippen LogP) is 2.91. The number of carbonyl (C=O) groups excluding carboxylic acids is 4. The first-order chi connectivity index (χ1) is 12.7. The number of nitrogens with zero attached hydrogens (tertiary/aromatic N) is 1. The molecule has 2 aliphatic rings. The number of carbonyl (C=O) groups is 4. The van der Waals surface area contributed by atoms with E-state index in [1.54, 1.807) is 32.9 Å². The Hall–Kier alpha value is -2.76. The van der Waals surface area contributed by atoms with Crippen LogP contribution in [-0.4, -0.2) is 30.2 Å². The third-order valence-corrected chi connectivity index (χ3v) is 5.02. The second-order valence-corrected chi connectivity index (χ2v) is 7.97. The summed E-state index contributed by atoms with van der Waals surface area (Å²) < 4.78 is 5.10. The summed E-state index contributed by atoms with van der Waals surface area (Å²) in [6, 6.07) is 6.22. The van der Waals surface area contributed by atoms with Crippen LogP contribution in [0.25, 0.3) is 0 Å². The molecule has 1 saturated heterocycles. The normalized spacial score (nSPS) is 22.0. The number of ketones is 1. The molecule has 142 valence electrons.